The van der Waals surface area contributed by atoms with Gasteiger partial charge in [0.15, 0.2) is 0 Å². The fraction of sp³-hybridized carbons (Fsp3) is 0.412. The van der Waals surface area contributed by atoms with E-state index < -0.39 is 0 Å². The summed E-state index contributed by atoms with van der Waals surface area (Å²) >= 11 is 0. The molecule has 108 valence electrons. The lowest BCUT2D eigenvalue weighted by molar-refractivity contribution is 0.0685. The zero-order valence-electron chi connectivity index (χ0n) is 12.0. The van der Waals surface area contributed by atoms with E-state index in [-0.39, 0.29) is 5.91 Å². The maximum atomic E-state index is 12.9. The van der Waals surface area contributed by atoms with Gasteiger partial charge in [-0.25, -0.2) is 0 Å². The summed E-state index contributed by atoms with van der Waals surface area (Å²) in [4.78, 5) is 21.7. The second kappa shape index (κ2) is 5.11. The van der Waals surface area contributed by atoms with Gasteiger partial charge in [0.1, 0.15) is 0 Å². The molecule has 3 fully saturated rings. The largest absolute Gasteiger partial charge is 0.334 e. The summed E-state index contributed by atoms with van der Waals surface area (Å²) < 4.78 is 0. The maximum Gasteiger partial charge on any atom is 0.254 e. The molecule has 1 aromatic carbocycles. The molecule has 5 rings (SSSR count). The van der Waals surface area contributed by atoms with E-state index in [1.807, 2.05) is 30.3 Å². The summed E-state index contributed by atoms with van der Waals surface area (Å²) in [7, 11) is 0. The highest BCUT2D eigenvalue weighted by atomic mass is 16.2. The molecule has 1 amide bonds. The number of nitrogens with zero attached hydrogens (tertiary/aromatic N) is 3. The van der Waals surface area contributed by atoms with E-state index in [0.29, 0.717) is 6.04 Å². The third kappa shape index (κ3) is 2.29. The number of carbonyl (C=O) groups excluding carboxylic acids is 1. The first-order valence-electron chi connectivity index (χ1n) is 7.69. The van der Waals surface area contributed by atoms with Gasteiger partial charge in [-0.3, -0.25) is 9.78 Å². The van der Waals surface area contributed by atoms with E-state index in [2.05, 4.69) is 14.8 Å². The van der Waals surface area contributed by atoms with E-state index in [1.54, 1.807) is 6.20 Å². The second-order valence-electron chi connectivity index (χ2n) is 5.98. The number of pyridine rings is 1. The third-order valence-electron chi connectivity index (χ3n) is 4.77. The van der Waals surface area contributed by atoms with Crippen LogP contribution in [0.2, 0.25) is 0 Å². The quantitative estimate of drug-likeness (QED) is 0.803. The van der Waals surface area contributed by atoms with Gasteiger partial charge < -0.3 is 9.80 Å². The summed E-state index contributed by atoms with van der Waals surface area (Å²) in [5, 5.41) is 1.03. The average molecular weight is 281 g/mol. The van der Waals surface area contributed by atoms with Gasteiger partial charge >= 0.3 is 0 Å². The van der Waals surface area contributed by atoms with Crippen molar-refractivity contribution >= 4 is 16.8 Å². The minimum Gasteiger partial charge on any atom is -0.334 e. The number of rotatable bonds is 1. The zero-order chi connectivity index (χ0) is 14.2. The van der Waals surface area contributed by atoms with Crippen molar-refractivity contribution in [2.45, 2.75) is 18.9 Å². The Morgan fingerprint density at radius 3 is 2.81 bits per heavy atom. The molecule has 0 aliphatic carbocycles. The Morgan fingerprint density at radius 2 is 1.95 bits per heavy atom. The number of fused-ring (bicyclic) bond motifs is 5. The van der Waals surface area contributed by atoms with Crippen molar-refractivity contribution in [3.8, 4) is 0 Å². The highest BCUT2D eigenvalue weighted by Crippen LogP contribution is 2.23. The Bertz CT molecular complexity index is 677. The summed E-state index contributed by atoms with van der Waals surface area (Å²) in [5.74, 6) is 0.175. The van der Waals surface area contributed by atoms with E-state index in [4.69, 9.17) is 0 Å². The number of piperidine rings is 1. The lowest BCUT2D eigenvalue weighted by atomic mass is 10.0. The Balaban J connectivity index is 1.66. The summed E-state index contributed by atoms with van der Waals surface area (Å²) in [6, 6.07) is 10.2. The molecular weight excluding hydrogens is 262 g/mol. The number of hydrogen-bond acceptors (Lipinski definition) is 3. The van der Waals surface area contributed by atoms with Crippen LogP contribution in [0.5, 0.6) is 0 Å². The number of benzene rings is 1. The maximum absolute atomic E-state index is 12.9. The molecule has 1 aromatic heterocycles. The van der Waals surface area contributed by atoms with E-state index in [9.17, 15) is 4.79 Å². The first-order valence-corrected chi connectivity index (χ1v) is 7.69. The van der Waals surface area contributed by atoms with Crippen LogP contribution < -0.4 is 0 Å². The number of amides is 1. The average Bonchev–Trinajstić information content (AvgIpc) is 2.87. The van der Waals surface area contributed by atoms with Gasteiger partial charge in [0, 0.05) is 49.4 Å². The molecule has 0 spiro atoms. The van der Waals surface area contributed by atoms with Gasteiger partial charge in [-0.2, -0.15) is 0 Å². The number of aromatic nitrogens is 1. The minimum atomic E-state index is 0.175. The van der Waals surface area contributed by atoms with Crippen LogP contribution in [0.25, 0.3) is 10.9 Å². The molecule has 0 saturated carbocycles. The number of hydrogen-bond donors (Lipinski definition) is 0. The molecule has 0 radical (unpaired) electrons. The van der Waals surface area contributed by atoms with Gasteiger partial charge in [0.05, 0.1) is 5.52 Å². The minimum absolute atomic E-state index is 0.175. The van der Waals surface area contributed by atoms with Crippen molar-refractivity contribution in [3.05, 3.63) is 42.1 Å². The molecule has 3 aliphatic heterocycles. The topological polar surface area (TPSA) is 36.4 Å². The van der Waals surface area contributed by atoms with Crippen LogP contribution in [-0.2, 0) is 0 Å². The third-order valence-corrected chi connectivity index (χ3v) is 4.77. The van der Waals surface area contributed by atoms with Crippen LogP contribution in [0.15, 0.2) is 36.5 Å². The molecule has 4 heteroatoms. The predicted molar refractivity (Wildman–Crippen MR) is 82.2 cm³/mol. The molecule has 4 nitrogen and oxygen atoms in total. The summed E-state index contributed by atoms with van der Waals surface area (Å²) in [5.41, 5.74) is 1.73. The van der Waals surface area contributed by atoms with Crippen molar-refractivity contribution < 1.29 is 4.79 Å². The standard InChI is InChI=1S/C17H19N3O/c21-17(20-11-10-19-8-5-15(20)6-9-19)14-3-4-16-13(12-14)2-1-7-18-16/h1-4,7,12,15H,5-6,8-11H2. The Hall–Kier alpha value is -1.94. The molecule has 0 unspecified atom stereocenters. The molecule has 3 aliphatic rings. The van der Waals surface area contributed by atoms with Crippen LogP contribution in [0.1, 0.15) is 23.2 Å². The van der Waals surface area contributed by atoms with Gasteiger partial charge in [0.25, 0.3) is 5.91 Å². The van der Waals surface area contributed by atoms with E-state index >= 15 is 0 Å². The number of carbonyl (C=O) groups is 1. The SMILES string of the molecule is O=C(c1ccc2ncccc2c1)N1CCN2CCC1CC2. The zero-order valence-corrected chi connectivity index (χ0v) is 12.0. The molecule has 0 N–H and O–H groups in total. The molecule has 4 heterocycles. The van der Waals surface area contributed by atoms with Crippen molar-refractivity contribution in [2.75, 3.05) is 26.2 Å². The first-order chi connectivity index (χ1) is 10.3. The van der Waals surface area contributed by atoms with Gasteiger partial charge in [-0.05, 0) is 37.1 Å². The normalized spacial score (nSPS) is 25.0. The molecule has 0 atom stereocenters. The Morgan fingerprint density at radius 1 is 1.10 bits per heavy atom. The first kappa shape index (κ1) is 12.8. The van der Waals surface area contributed by atoms with E-state index in [1.165, 1.54) is 0 Å². The van der Waals surface area contributed by atoms with Gasteiger partial charge in [0.2, 0.25) is 0 Å². The molecule has 3 saturated heterocycles. The lowest BCUT2D eigenvalue weighted by Gasteiger charge is -2.31. The molecule has 2 bridgehead atoms. The van der Waals surface area contributed by atoms with Crippen molar-refractivity contribution in [1.29, 1.82) is 0 Å². The van der Waals surface area contributed by atoms with Crippen LogP contribution in [-0.4, -0.2) is 52.9 Å². The predicted octanol–water partition coefficient (Wildman–Crippen LogP) is 2.16. The highest BCUT2D eigenvalue weighted by Gasteiger charge is 2.32. The van der Waals surface area contributed by atoms with Crippen LogP contribution in [0.4, 0.5) is 0 Å². The van der Waals surface area contributed by atoms with Crippen molar-refractivity contribution in [3.63, 3.8) is 0 Å². The Labute approximate surface area is 124 Å². The second-order valence-corrected chi connectivity index (χ2v) is 5.98. The highest BCUT2D eigenvalue weighted by molar-refractivity contribution is 5.98. The van der Waals surface area contributed by atoms with Gasteiger partial charge in [-0.1, -0.05) is 6.07 Å². The Kier molecular flexibility index (Phi) is 3.11. The summed E-state index contributed by atoms with van der Waals surface area (Å²) in [6.07, 6.45) is 4.01. The summed E-state index contributed by atoms with van der Waals surface area (Å²) in [6.45, 7) is 4.14. The van der Waals surface area contributed by atoms with Crippen LogP contribution >= 0.6 is 0 Å². The van der Waals surface area contributed by atoms with E-state index in [0.717, 1.165) is 55.5 Å². The van der Waals surface area contributed by atoms with Gasteiger partial charge in [-0.15, -0.1) is 0 Å². The molecule has 21 heavy (non-hydrogen) atoms. The smallest absolute Gasteiger partial charge is 0.254 e. The monoisotopic (exact) mass is 281 g/mol. The van der Waals surface area contributed by atoms with Crippen LogP contribution in [0.3, 0.4) is 0 Å². The van der Waals surface area contributed by atoms with Crippen molar-refractivity contribution in [1.82, 2.24) is 14.8 Å². The lowest BCUT2D eigenvalue weighted by Crippen LogP contribution is -2.41. The molecule has 2 aromatic rings. The fourth-order valence-corrected chi connectivity index (χ4v) is 3.53. The van der Waals surface area contributed by atoms with Crippen LogP contribution in [0, 0.1) is 0 Å². The molecular formula is C17H19N3O. The fourth-order valence-electron chi connectivity index (χ4n) is 3.53. The van der Waals surface area contributed by atoms with Crippen molar-refractivity contribution in [2.24, 2.45) is 0 Å².